The van der Waals surface area contributed by atoms with Gasteiger partial charge in [0.05, 0.1) is 33.1 Å². The van der Waals surface area contributed by atoms with E-state index < -0.39 is 0 Å². The Kier molecular flexibility index (Phi) is 9.95. The molecule has 0 N–H and O–H groups in total. The highest BCUT2D eigenvalue weighted by molar-refractivity contribution is 6.13. The second kappa shape index (κ2) is 17.4. The van der Waals surface area contributed by atoms with E-state index in [1.165, 1.54) is 93.3 Å². The highest BCUT2D eigenvalue weighted by Crippen LogP contribution is 2.51. The van der Waals surface area contributed by atoms with Gasteiger partial charge >= 0.3 is 0 Å². The molecular formula is C75H52N4. The molecule has 79 heavy (non-hydrogen) atoms. The minimum atomic E-state index is -0.116. The molecule has 1 aliphatic carbocycles. The molecule has 4 heteroatoms. The third kappa shape index (κ3) is 6.94. The second-order valence-corrected chi connectivity index (χ2v) is 21.7. The zero-order valence-electron chi connectivity index (χ0n) is 43.8. The molecule has 15 aromatic rings. The maximum atomic E-state index is 2.46. The summed E-state index contributed by atoms with van der Waals surface area (Å²) in [6.45, 7) is 4.71. The monoisotopic (exact) mass is 1010 g/mol. The van der Waals surface area contributed by atoms with Crippen molar-refractivity contribution < 1.29 is 0 Å². The van der Waals surface area contributed by atoms with Crippen LogP contribution in [0.2, 0.25) is 0 Å². The Morgan fingerprint density at radius 2 is 0.608 bits per heavy atom. The Morgan fingerprint density at radius 3 is 1.11 bits per heavy atom. The SMILES string of the molecule is CC1(C)c2ccccc2-c2ccc(N(c3ccc(-c4ccccc4)cc3)c3ccc(-c4ccc(-n5c6ccccc6c6ccc(-n7c8ccccc8c8ccc(-n9c%10ccccc%10c%10ccccc%109)cc87)cc65)cc4)cc3)cc21. The van der Waals surface area contributed by atoms with Crippen LogP contribution in [0.3, 0.4) is 0 Å². The lowest BCUT2D eigenvalue weighted by atomic mass is 9.82. The highest BCUT2D eigenvalue weighted by Gasteiger charge is 2.36. The number of nitrogens with zero attached hydrogens (tertiary/aromatic N) is 4. The van der Waals surface area contributed by atoms with Gasteiger partial charge in [-0.05, 0) is 142 Å². The van der Waals surface area contributed by atoms with Gasteiger partial charge in [-0.2, -0.15) is 0 Å². The summed E-state index contributed by atoms with van der Waals surface area (Å²) in [5.41, 5.74) is 23.8. The topological polar surface area (TPSA) is 18.0 Å². The molecule has 372 valence electrons. The molecule has 3 aromatic heterocycles. The van der Waals surface area contributed by atoms with Crippen LogP contribution in [0, 0.1) is 0 Å². The molecule has 0 saturated heterocycles. The first-order chi connectivity index (χ1) is 38.9. The number of hydrogen-bond acceptors (Lipinski definition) is 1. The van der Waals surface area contributed by atoms with Crippen molar-refractivity contribution in [2.45, 2.75) is 19.3 Å². The van der Waals surface area contributed by atoms with E-state index >= 15 is 0 Å². The summed E-state index contributed by atoms with van der Waals surface area (Å²) in [6.07, 6.45) is 0. The van der Waals surface area contributed by atoms with Crippen LogP contribution in [-0.2, 0) is 5.41 Å². The molecule has 0 spiro atoms. The van der Waals surface area contributed by atoms with Crippen LogP contribution in [-0.4, -0.2) is 13.7 Å². The standard InChI is InChI=1S/C75H52N4/c1-75(2)67-23-11-6-18-59(67)60-43-40-56(46-68(60)75)76(53-34-28-50(29-35-53)49-16-4-3-5-17-49)54-36-30-51(31-37-54)52-32-38-55(39-33-52)77-69-24-12-9-21-63(69)65-45-42-58(48-73(65)77)79-72-27-15-10-22-64(72)66-44-41-57(47-74(66)79)78-70-25-13-7-19-61(70)62-20-8-14-26-71(62)78/h3-48H,1-2H3. The summed E-state index contributed by atoms with van der Waals surface area (Å²) in [7, 11) is 0. The lowest BCUT2D eigenvalue weighted by Gasteiger charge is -2.28. The molecule has 16 rings (SSSR count). The van der Waals surface area contributed by atoms with Crippen LogP contribution in [0.15, 0.2) is 279 Å². The summed E-state index contributed by atoms with van der Waals surface area (Å²) in [5.74, 6) is 0. The summed E-state index contributed by atoms with van der Waals surface area (Å²) in [4.78, 5) is 2.40. The quantitative estimate of drug-likeness (QED) is 0.148. The third-order valence-electron chi connectivity index (χ3n) is 17.1. The molecule has 0 aliphatic heterocycles. The maximum absolute atomic E-state index is 2.46. The number of benzene rings is 12. The molecule has 12 aromatic carbocycles. The normalized spacial score (nSPS) is 12.8. The van der Waals surface area contributed by atoms with Crippen LogP contribution in [0.1, 0.15) is 25.0 Å². The zero-order chi connectivity index (χ0) is 52.3. The van der Waals surface area contributed by atoms with Gasteiger partial charge in [0.15, 0.2) is 0 Å². The van der Waals surface area contributed by atoms with E-state index in [1.54, 1.807) is 0 Å². The Morgan fingerprint density at radius 1 is 0.253 bits per heavy atom. The van der Waals surface area contributed by atoms with Crippen LogP contribution < -0.4 is 4.90 Å². The average Bonchev–Trinajstić information content (AvgIpc) is 4.36. The summed E-state index contributed by atoms with van der Waals surface area (Å²) < 4.78 is 7.32. The van der Waals surface area contributed by atoms with Crippen molar-refractivity contribution in [1.82, 2.24) is 13.7 Å². The van der Waals surface area contributed by atoms with Crippen LogP contribution >= 0.6 is 0 Å². The second-order valence-electron chi connectivity index (χ2n) is 21.7. The van der Waals surface area contributed by atoms with Crippen molar-refractivity contribution in [3.63, 3.8) is 0 Å². The minimum Gasteiger partial charge on any atom is -0.310 e. The van der Waals surface area contributed by atoms with E-state index in [0.717, 1.165) is 50.8 Å². The molecule has 0 saturated carbocycles. The average molecular weight is 1010 g/mol. The fraction of sp³-hybridized carbons (Fsp3) is 0.0400. The first-order valence-corrected chi connectivity index (χ1v) is 27.4. The Bertz CT molecular complexity index is 4840. The number of rotatable bonds is 8. The fourth-order valence-corrected chi connectivity index (χ4v) is 13.3. The van der Waals surface area contributed by atoms with E-state index in [0.29, 0.717) is 0 Å². The van der Waals surface area contributed by atoms with E-state index in [-0.39, 0.29) is 5.41 Å². The predicted molar refractivity (Wildman–Crippen MR) is 333 cm³/mol. The Balaban J connectivity index is 0.779. The first-order valence-electron chi connectivity index (χ1n) is 27.4. The predicted octanol–water partition coefficient (Wildman–Crippen LogP) is 20.1. The Hall–Kier alpha value is -10.2. The number of para-hydroxylation sites is 4. The molecule has 0 radical (unpaired) electrons. The van der Waals surface area contributed by atoms with Crippen molar-refractivity contribution >= 4 is 82.5 Å². The van der Waals surface area contributed by atoms with Gasteiger partial charge in [0.25, 0.3) is 0 Å². The third-order valence-corrected chi connectivity index (χ3v) is 17.1. The molecular weight excluding hydrogens is 957 g/mol. The Labute approximate surface area is 458 Å². The van der Waals surface area contributed by atoms with Gasteiger partial charge < -0.3 is 18.6 Å². The van der Waals surface area contributed by atoms with Crippen molar-refractivity contribution in [2.24, 2.45) is 0 Å². The first kappa shape index (κ1) is 45.1. The number of anilines is 3. The molecule has 0 bridgehead atoms. The minimum absolute atomic E-state index is 0.116. The van der Waals surface area contributed by atoms with Gasteiger partial charge in [0.2, 0.25) is 0 Å². The van der Waals surface area contributed by atoms with Crippen molar-refractivity contribution in [2.75, 3.05) is 4.90 Å². The van der Waals surface area contributed by atoms with E-state index in [1.807, 2.05) is 0 Å². The molecule has 0 fully saturated rings. The van der Waals surface area contributed by atoms with Crippen molar-refractivity contribution in [1.29, 1.82) is 0 Å². The van der Waals surface area contributed by atoms with Gasteiger partial charge in [-0.25, -0.2) is 0 Å². The smallest absolute Gasteiger partial charge is 0.0561 e. The molecule has 3 heterocycles. The molecule has 0 amide bonds. The van der Waals surface area contributed by atoms with Crippen LogP contribution in [0.4, 0.5) is 17.1 Å². The number of fused-ring (bicyclic) bond motifs is 12. The molecule has 4 nitrogen and oxygen atoms in total. The van der Waals surface area contributed by atoms with Crippen LogP contribution in [0.25, 0.3) is 116 Å². The van der Waals surface area contributed by atoms with E-state index in [4.69, 9.17) is 0 Å². The lowest BCUT2D eigenvalue weighted by Crippen LogP contribution is -2.16. The molecule has 0 atom stereocenters. The van der Waals surface area contributed by atoms with Gasteiger partial charge in [-0.1, -0.05) is 196 Å². The van der Waals surface area contributed by atoms with E-state index in [2.05, 4.69) is 312 Å². The molecule has 0 unspecified atom stereocenters. The van der Waals surface area contributed by atoms with Crippen molar-refractivity contribution in [3.8, 4) is 50.4 Å². The summed E-state index contributed by atoms with van der Waals surface area (Å²) in [5, 5.41) is 7.44. The van der Waals surface area contributed by atoms with Gasteiger partial charge in [-0.15, -0.1) is 0 Å². The highest BCUT2D eigenvalue weighted by atomic mass is 15.1. The molecule has 1 aliphatic rings. The van der Waals surface area contributed by atoms with Crippen molar-refractivity contribution in [3.05, 3.63) is 290 Å². The summed E-state index contributed by atoms with van der Waals surface area (Å²) in [6, 6.07) is 103. The zero-order valence-corrected chi connectivity index (χ0v) is 43.8. The van der Waals surface area contributed by atoms with Crippen LogP contribution in [0.5, 0.6) is 0 Å². The maximum Gasteiger partial charge on any atom is 0.0561 e. The van der Waals surface area contributed by atoms with Gasteiger partial charge in [0, 0.05) is 71.9 Å². The number of aromatic nitrogens is 3. The summed E-state index contributed by atoms with van der Waals surface area (Å²) >= 11 is 0. The van der Waals surface area contributed by atoms with E-state index in [9.17, 15) is 0 Å². The number of hydrogen-bond donors (Lipinski definition) is 0. The van der Waals surface area contributed by atoms with Gasteiger partial charge in [0.1, 0.15) is 0 Å². The van der Waals surface area contributed by atoms with Gasteiger partial charge in [-0.3, -0.25) is 0 Å². The lowest BCUT2D eigenvalue weighted by molar-refractivity contribution is 0.660. The largest absolute Gasteiger partial charge is 0.310 e. The fourth-order valence-electron chi connectivity index (χ4n) is 13.3.